The predicted octanol–water partition coefficient (Wildman–Crippen LogP) is 0.545. The average Bonchev–Trinajstić information content (AvgIpc) is 2.40. The fourth-order valence-electron chi connectivity index (χ4n) is 1.22. The third kappa shape index (κ3) is 1.17. The Hall–Kier alpha value is -1.39. The first-order valence-corrected chi connectivity index (χ1v) is 3.84. The summed E-state index contributed by atoms with van der Waals surface area (Å²) in [6.45, 7) is 0. The van der Waals surface area contributed by atoms with Crippen molar-refractivity contribution < 1.29 is 0 Å². The van der Waals surface area contributed by atoms with Crippen LogP contribution in [0.1, 0.15) is 0 Å². The Kier molecular flexibility index (Phi) is 2.42. The van der Waals surface area contributed by atoms with Gasteiger partial charge in [0.1, 0.15) is 11.5 Å². The molecule has 0 unspecified atom stereocenters. The molecule has 0 saturated carbocycles. The van der Waals surface area contributed by atoms with Gasteiger partial charge in [-0.05, 0) is 0 Å². The molecule has 1 aromatic heterocycles. The molecule has 1 aromatic rings. The normalized spacial score (nSPS) is 9.67. The highest BCUT2D eigenvalue weighted by Crippen LogP contribution is 2.28. The molecule has 0 aliphatic heterocycles. The molecular formula is C7H15N5. The maximum Gasteiger partial charge on any atom is 0.173 e. The Balaban J connectivity index is 3.16. The van der Waals surface area contributed by atoms with E-state index in [4.69, 9.17) is 0 Å². The predicted molar refractivity (Wildman–Crippen MR) is 51.8 cm³/mol. The second-order valence-corrected chi connectivity index (χ2v) is 2.45. The summed E-state index contributed by atoms with van der Waals surface area (Å²) in [6.07, 6.45) is 0. The lowest BCUT2D eigenvalue weighted by molar-refractivity contribution is 0.777. The maximum absolute atomic E-state index is 4.25. The van der Waals surface area contributed by atoms with E-state index in [1.54, 1.807) is 4.68 Å². The molecule has 5 nitrogen and oxygen atoms in total. The van der Waals surface area contributed by atoms with Gasteiger partial charge in [0.25, 0.3) is 0 Å². The van der Waals surface area contributed by atoms with Crippen LogP contribution in [0.25, 0.3) is 0 Å². The van der Waals surface area contributed by atoms with Gasteiger partial charge in [0.15, 0.2) is 5.82 Å². The zero-order valence-corrected chi connectivity index (χ0v) is 7.89. The molecule has 0 aliphatic carbocycles. The van der Waals surface area contributed by atoms with Crippen molar-refractivity contribution in [3.63, 3.8) is 0 Å². The lowest BCUT2D eigenvalue weighted by Gasteiger charge is -2.04. The third-order valence-electron chi connectivity index (χ3n) is 1.77. The van der Waals surface area contributed by atoms with Crippen LogP contribution in [0, 0.1) is 0 Å². The first-order chi connectivity index (χ1) is 5.74. The molecule has 0 saturated heterocycles. The highest BCUT2D eigenvalue weighted by Gasteiger charge is 2.11. The number of rotatable bonds is 3. The smallest absolute Gasteiger partial charge is 0.173 e. The summed E-state index contributed by atoms with van der Waals surface area (Å²) in [5.41, 5.74) is 0.988. The van der Waals surface area contributed by atoms with Gasteiger partial charge in [-0.1, -0.05) is 0 Å². The molecule has 1 heterocycles. The van der Waals surface area contributed by atoms with Crippen LogP contribution in [0.3, 0.4) is 0 Å². The monoisotopic (exact) mass is 169 g/mol. The number of hydrogen-bond acceptors (Lipinski definition) is 4. The minimum Gasteiger partial charge on any atom is -0.382 e. The van der Waals surface area contributed by atoms with Gasteiger partial charge in [-0.25, -0.2) is 4.68 Å². The molecule has 5 heteroatoms. The number of nitrogens with one attached hydrogen (secondary N) is 3. The van der Waals surface area contributed by atoms with Crippen molar-refractivity contribution in [2.75, 3.05) is 37.1 Å². The van der Waals surface area contributed by atoms with Crippen LogP contribution in [0.4, 0.5) is 17.3 Å². The minimum atomic E-state index is 0.851. The van der Waals surface area contributed by atoms with E-state index in [-0.39, 0.29) is 0 Å². The Labute approximate surface area is 72.1 Å². The molecule has 3 N–H and O–H groups in total. The SMILES string of the molecule is CNc1nn(C)c(NC)c1NC. The number of aryl methyl sites for hydroxylation is 1. The van der Waals surface area contributed by atoms with Crippen molar-refractivity contribution in [2.45, 2.75) is 0 Å². The van der Waals surface area contributed by atoms with Gasteiger partial charge >= 0.3 is 0 Å². The first-order valence-electron chi connectivity index (χ1n) is 3.84. The van der Waals surface area contributed by atoms with E-state index in [0.29, 0.717) is 0 Å². The van der Waals surface area contributed by atoms with Gasteiger partial charge < -0.3 is 16.0 Å². The molecule has 68 valence electrons. The lowest BCUT2D eigenvalue weighted by Crippen LogP contribution is -2.00. The topological polar surface area (TPSA) is 53.9 Å². The van der Waals surface area contributed by atoms with Gasteiger partial charge in [-0.2, -0.15) is 5.10 Å². The molecule has 0 aromatic carbocycles. The van der Waals surface area contributed by atoms with Gasteiger partial charge in [0.05, 0.1) is 0 Å². The summed E-state index contributed by atoms with van der Waals surface area (Å²) in [7, 11) is 7.49. The largest absolute Gasteiger partial charge is 0.382 e. The molecule has 0 aliphatic rings. The van der Waals surface area contributed by atoms with Crippen LogP contribution < -0.4 is 16.0 Å². The van der Waals surface area contributed by atoms with Crippen molar-refractivity contribution in [1.29, 1.82) is 0 Å². The van der Waals surface area contributed by atoms with E-state index in [2.05, 4.69) is 21.0 Å². The number of anilines is 3. The molecule has 12 heavy (non-hydrogen) atoms. The third-order valence-corrected chi connectivity index (χ3v) is 1.77. The van der Waals surface area contributed by atoms with Crippen LogP contribution in [-0.4, -0.2) is 30.9 Å². The highest BCUT2D eigenvalue weighted by molar-refractivity contribution is 5.77. The van der Waals surface area contributed by atoms with E-state index in [1.165, 1.54) is 0 Å². The fourth-order valence-corrected chi connectivity index (χ4v) is 1.22. The summed E-state index contributed by atoms with van der Waals surface area (Å²) < 4.78 is 1.79. The molecule has 1 rings (SSSR count). The molecule has 0 spiro atoms. The average molecular weight is 169 g/mol. The summed E-state index contributed by atoms with van der Waals surface area (Å²) in [5, 5.41) is 13.4. The molecule has 0 atom stereocenters. The number of hydrogen-bond donors (Lipinski definition) is 3. The van der Waals surface area contributed by atoms with Gasteiger partial charge in [0, 0.05) is 28.2 Å². The second kappa shape index (κ2) is 3.34. The van der Waals surface area contributed by atoms with Gasteiger partial charge in [-0.3, -0.25) is 0 Å². The van der Waals surface area contributed by atoms with Crippen molar-refractivity contribution in [1.82, 2.24) is 9.78 Å². The van der Waals surface area contributed by atoms with E-state index in [0.717, 1.165) is 17.3 Å². The van der Waals surface area contributed by atoms with Crippen molar-refractivity contribution in [3.8, 4) is 0 Å². The quantitative estimate of drug-likeness (QED) is 0.618. The van der Waals surface area contributed by atoms with E-state index >= 15 is 0 Å². The minimum absolute atomic E-state index is 0.851. The Morgan fingerprint density at radius 3 is 2.17 bits per heavy atom. The van der Waals surface area contributed by atoms with Crippen molar-refractivity contribution >= 4 is 17.3 Å². The standard InChI is InChI=1S/C7H15N5/c1-8-5-6(9-2)11-12(4)7(5)10-3/h8,10H,1-4H3,(H,9,11). The molecular weight excluding hydrogens is 154 g/mol. The molecule has 0 amide bonds. The Morgan fingerprint density at radius 1 is 1.08 bits per heavy atom. The van der Waals surface area contributed by atoms with Crippen LogP contribution in [0.15, 0.2) is 0 Å². The summed E-state index contributed by atoms with van der Waals surface area (Å²) in [4.78, 5) is 0. The molecule has 0 bridgehead atoms. The number of aromatic nitrogens is 2. The van der Waals surface area contributed by atoms with Gasteiger partial charge in [0.2, 0.25) is 0 Å². The van der Waals surface area contributed by atoms with E-state index in [9.17, 15) is 0 Å². The zero-order chi connectivity index (χ0) is 9.14. The van der Waals surface area contributed by atoms with Crippen LogP contribution in [0.5, 0.6) is 0 Å². The van der Waals surface area contributed by atoms with Crippen LogP contribution >= 0.6 is 0 Å². The summed E-state index contributed by atoms with van der Waals surface area (Å²) in [5.74, 6) is 1.83. The van der Waals surface area contributed by atoms with E-state index in [1.807, 2.05) is 28.2 Å². The summed E-state index contributed by atoms with van der Waals surface area (Å²) in [6, 6.07) is 0. The maximum atomic E-state index is 4.25. The van der Waals surface area contributed by atoms with Crippen LogP contribution in [-0.2, 0) is 7.05 Å². The van der Waals surface area contributed by atoms with E-state index < -0.39 is 0 Å². The zero-order valence-electron chi connectivity index (χ0n) is 7.89. The Morgan fingerprint density at radius 2 is 1.75 bits per heavy atom. The molecule has 0 radical (unpaired) electrons. The lowest BCUT2D eigenvalue weighted by atomic mass is 10.4. The second-order valence-electron chi connectivity index (χ2n) is 2.45. The summed E-state index contributed by atoms with van der Waals surface area (Å²) >= 11 is 0. The van der Waals surface area contributed by atoms with Gasteiger partial charge in [-0.15, -0.1) is 0 Å². The van der Waals surface area contributed by atoms with Crippen LogP contribution in [0.2, 0.25) is 0 Å². The molecule has 0 fully saturated rings. The van der Waals surface area contributed by atoms with Crippen molar-refractivity contribution in [2.24, 2.45) is 7.05 Å². The highest BCUT2D eigenvalue weighted by atomic mass is 15.4. The number of nitrogens with zero attached hydrogens (tertiary/aromatic N) is 2. The fraction of sp³-hybridized carbons (Fsp3) is 0.571. The van der Waals surface area contributed by atoms with Crippen molar-refractivity contribution in [3.05, 3.63) is 0 Å². The first kappa shape index (κ1) is 8.70. The Bertz CT molecular complexity index is 265.